The number of aliphatic carboxylic acids is 2. The van der Waals surface area contributed by atoms with E-state index in [1.807, 2.05) is 0 Å². The second kappa shape index (κ2) is 4.96. The SMILES string of the molecule is CC(C(=O)NC(CC(=O)O)C(=O)O)C1CC1. The highest BCUT2D eigenvalue weighted by molar-refractivity contribution is 5.87. The largest absolute Gasteiger partial charge is 0.481 e. The Hall–Kier alpha value is -1.59. The number of rotatable bonds is 6. The Kier molecular flexibility index (Phi) is 3.87. The van der Waals surface area contributed by atoms with Gasteiger partial charge in [0.2, 0.25) is 5.91 Å². The van der Waals surface area contributed by atoms with Crippen molar-refractivity contribution >= 4 is 17.8 Å². The molecule has 1 saturated carbocycles. The first-order valence-corrected chi connectivity index (χ1v) is 5.16. The van der Waals surface area contributed by atoms with E-state index in [2.05, 4.69) is 5.32 Å². The Morgan fingerprint density at radius 1 is 1.31 bits per heavy atom. The van der Waals surface area contributed by atoms with Crippen LogP contribution in [0.2, 0.25) is 0 Å². The smallest absolute Gasteiger partial charge is 0.326 e. The van der Waals surface area contributed by atoms with Gasteiger partial charge in [-0.3, -0.25) is 9.59 Å². The summed E-state index contributed by atoms with van der Waals surface area (Å²) in [5, 5.41) is 19.5. The van der Waals surface area contributed by atoms with Crippen LogP contribution in [0.5, 0.6) is 0 Å². The number of carboxylic acid groups (broad SMARTS) is 2. The second-order valence-corrected chi connectivity index (χ2v) is 4.12. The average molecular weight is 229 g/mol. The number of amides is 1. The number of nitrogens with one attached hydrogen (secondary N) is 1. The Morgan fingerprint density at radius 3 is 2.25 bits per heavy atom. The fraction of sp³-hybridized carbons (Fsp3) is 0.700. The Labute approximate surface area is 92.6 Å². The van der Waals surface area contributed by atoms with Gasteiger partial charge in [0.25, 0.3) is 0 Å². The zero-order chi connectivity index (χ0) is 12.3. The minimum absolute atomic E-state index is 0.240. The maximum Gasteiger partial charge on any atom is 0.326 e. The lowest BCUT2D eigenvalue weighted by molar-refractivity contribution is -0.147. The molecule has 0 bridgehead atoms. The van der Waals surface area contributed by atoms with Gasteiger partial charge >= 0.3 is 11.9 Å². The lowest BCUT2D eigenvalue weighted by Crippen LogP contribution is -2.44. The maximum absolute atomic E-state index is 11.6. The van der Waals surface area contributed by atoms with Gasteiger partial charge in [-0.1, -0.05) is 6.92 Å². The highest BCUT2D eigenvalue weighted by Gasteiger charge is 2.34. The van der Waals surface area contributed by atoms with Gasteiger partial charge < -0.3 is 15.5 Å². The van der Waals surface area contributed by atoms with E-state index >= 15 is 0 Å². The zero-order valence-electron chi connectivity index (χ0n) is 8.97. The maximum atomic E-state index is 11.6. The van der Waals surface area contributed by atoms with E-state index in [1.54, 1.807) is 6.92 Å². The average Bonchev–Trinajstić information content (AvgIpc) is 2.97. The van der Waals surface area contributed by atoms with Crippen LogP contribution in [0.15, 0.2) is 0 Å². The minimum atomic E-state index is -1.34. The van der Waals surface area contributed by atoms with Gasteiger partial charge in [-0.25, -0.2) is 4.79 Å². The van der Waals surface area contributed by atoms with Crippen molar-refractivity contribution in [1.29, 1.82) is 0 Å². The molecular weight excluding hydrogens is 214 g/mol. The number of carbonyl (C=O) groups is 3. The Bertz CT molecular complexity index is 310. The molecule has 1 fully saturated rings. The molecule has 3 N–H and O–H groups in total. The third-order valence-electron chi connectivity index (χ3n) is 2.74. The van der Waals surface area contributed by atoms with Gasteiger partial charge in [0, 0.05) is 5.92 Å². The molecule has 2 unspecified atom stereocenters. The van der Waals surface area contributed by atoms with Crippen molar-refractivity contribution in [1.82, 2.24) is 5.32 Å². The van der Waals surface area contributed by atoms with Crippen molar-refractivity contribution in [2.75, 3.05) is 0 Å². The van der Waals surface area contributed by atoms with Crippen molar-refractivity contribution in [3.05, 3.63) is 0 Å². The highest BCUT2D eigenvalue weighted by atomic mass is 16.4. The monoisotopic (exact) mass is 229 g/mol. The standard InChI is InChI=1S/C10H15NO5/c1-5(6-2-3-6)9(14)11-7(10(15)16)4-8(12)13/h5-7H,2-4H2,1H3,(H,11,14)(H,12,13)(H,15,16). The number of carboxylic acids is 2. The highest BCUT2D eigenvalue weighted by Crippen LogP contribution is 2.36. The lowest BCUT2D eigenvalue weighted by Gasteiger charge is -2.15. The number of carbonyl (C=O) groups excluding carboxylic acids is 1. The molecule has 16 heavy (non-hydrogen) atoms. The van der Waals surface area contributed by atoms with E-state index in [-0.39, 0.29) is 11.8 Å². The topological polar surface area (TPSA) is 104 Å². The molecule has 0 aromatic rings. The zero-order valence-corrected chi connectivity index (χ0v) is 8.97. The van der Waals surface area contributed by atoms with Crippen molar-refractivity contribution in [2.45, 2.75) is 32.2 Å². The first-order valence-electron chi connectivity index (χ1n) is 5.16. The van der Waals surface area contributed by atoms with Gasteiger partial charge in [-0.15, -0.1) is 0 Å². The minimum Gasteiger partial charge on any atom is -0.481 e. The molecule has 1 aliphatic rings. The molecule has 6 heteroatoms. The molecule has 1 aliphatic carbocycles. The summed E-state index contributed by atoms with van der Waals surface area (Å²) in [5.74, 6) is -2.86. The molecule has 2 atom stereocenters. The van der Waals surface area contributed by atoms with Gasteiger partial charge in [0.1, 0.15) is 6.04 Å². The molecule has 0 saturated heterocycles. The van der Waals surface area contributed by atoms with Crippen molar-refractivity contribution < 1.29 is 24.6 Å². The van der Waals surface area contributed by atoms with E-state index in [1.165, 1.54) is 0 Å². The predicted molar refractivity (Wildman–Crippen MR) is 53.7 cm³/mol. The summed E-state index contributed by atoms with van der Waals surface area (Å²) in [4.78, 5) is 32.7. The van der Waals surface area contributed by atoms with Gasteiger partial charge in [0.15, 0.2) is 0 Å². The van der Waals surface area contributed by atoms with Crippen molar-refractivity contribution in [3.63, 3.8) is 0 Å². The van der Waals surface area contributed by atoms with E-state index in [0.29, 0.717) is 5.92 Å². The molecule has 1 amide bonds. The molecule has 6 nitrogen and oxygen atoms in total. The third kappa shape index (κ3) is 3.52. The van der Waals surface area contributed by atoms with Gasteiger partial charge in [0.05, 0.1) is 6.42 Å². The summed E-state index contributed by atoms with van der Waals surface area (Å²) < 4.78 is 0. The molecule has 0 aromatic carbocycles. The first kappa shape index (κ1) is 12.5. The molecule has 0 aromatic heterocycles. The van der Waals surface area contributed by atoms with E-state index in [0.717, 1.165) is 12.8 Å². The van der Waals surface area contributed by atoms with E-state index in [9.17, 15) is 14.4 Å². The molecule has 0 radical (unpaired) electrons. The molecule has 0 spiro atoms. The predicted octanol–water partition coefficient (Wildman–Crippen LogP) is 0.0766. The summed E-state index contributed by atoms with van der Waals surface area (Å²) in [6.07, 6.45) is 1.36. The van der Waals surface area contributed by atoms with Crippen LogP contribution in [0.4, 0.5) is 0 Å². The Morgan fingerprint density at radius 2 is 1.88 bits per heavy atom. The molecule has 0 heterocycles. The van der Waals surface area contributed by atoms with Crippen LogP contribution in [0.1, 0.15) is 26.2 Å². The molecule has 1 rings (SSSR count). The van der Waals surface area contributed by atoms with Gasteiger partial charge in [-0.05, 0) is 18.8 Å². The normalized spacial score (nSPS) is 18.6. The second-order valence-electron chi connectivity index (χ2n) is 4.12. The molecular formula is C10H15NO5. The van der Waals surface area contributed by atoms with E-state index < -0.39 is 24.4 Å². The lowest BCUT2D eigenvalue weighted by atomic mass is 10.0. The quantitative estimate of drug-likeness (QED) is 0.598. The van der Waals surface area contributed by atoms with Crippen LogP contribution >= 0.6 is 0 Å². The summed E-state index contributed by atoms with van der Waals surface area (Å²) in [6.45, 7) is 1.73. The molecule has 0 aliphatic heterocycles. The molecule has 90 valence electrons. The fourth-order valence-corrected chi connectivity index (χ4v) is 1.49. The summed E-state index contributed by atoms with van der Waals surface area (Å²) >= 11 is 0. The van der Waals surface area contributed by atoms with E-state index in [4.69, 9.17) is 10.2 Å². The van der Waals surface area contributed by atoms with Crippen LogP contribution in [-0.4, -0.2) is 34.1 Å². The van der Waals surface area contributed by atoms with Crippen LogP contribution in [-0.2, 0) is 14.4 Å². The number of hydrogen-bond acceptors (Lipinski definition) is 3. The fourth-order valence-electron chi connectivity index (χ4n) is 1.49. The summed E-state index contributed by atoms with van der Waals surface area (Å²) in [6, 6.07) is -1.34. The summed E-state index contributed by atoms with van der Waals surface area (Å²) in [7, 11) is 0. The van der Waals surface area contributed by atoms with Crippen molar-refractivity contribution in [2.24, 2.45) is 11.8 Å². The van der Waals surface area contributed by atoms with Crippen LogP contribution in [0.3, 0.4) is 0 Å². The van der Waals surface area contributed by atoms with Crippen LogP contribution in [0.25, 0.3) is 0 Å². The van der Waals surface area contributed by atoms with Crippen LogP contribution < -0.4 is 5.32 Å². The third-order valence-corrected chi connectivity index (χ3v) is 2.74. The summed E-state index contributed by atoms with van der Waals surface area (Å²) in [5.41, 5.74) is 0. The Balaban J connectivity index is 2.49. The number of hydrogen-bond donors (Lipinski definition) is 3. The first-order chi connectivity index (χ1) is 7.41. The van der Waals surface area contributed by atoms with Crippen molar-refractivity contribution in [3.8, 4) is 0 Å². The van der Waals surface area contributed by atoms with Crippen LogP contribution in [0, 0.1) is 11.8 Å². The van der Waals surface area contributed by atoms with Gasteiger partial charge in [-0.2, -0.15) is 0 Å².